The molecule has 0 bridgehead atoms. The summed E-state index contributed by atoms with van der Waals surface area (Å²) >= 11 is 0. The van der Waals surface area contributed by atoms with Crippen LogP contribution >= 0.6 is 0 Å². The lowest BCUT2D eigenvalue weighted by atomic mass is 9.82. The van der Waals surface area contributed by atoms with Crippen molar-refractivity contribution in [2.45, 2.75) is 108 Å². The number of likely N-dealkylation sites (N-methyl/N-ethyl adjacent to an activating group) is 2. The molecule has 0 saturated heterocycles. The number of amides is 3. The fourth-order valence-corrected chi connectivity index (χ4v) is 6.19. The number of carbonyl (C=O) groups excluding carboxylic acids is 3. The maximum Gasteiger partial charge on any atom is 0.243 e. The number of rotatable bonds is 19. The maximum atomic E-state index is 13.8. The Morgan fingerprint density at radius 3 is 2.22 bits per heavy atom. The molecular weight excluding hydrogens is 568 g/mol. The molecule has 5 atom stereocenters. The number of hydrogen-bond acceptors (Lipinski definition) is 6. The standard InChI is InChI=1S/C36H56N4O5/c1-5-13-30(36(45)38-31(23-27-16-11-8-12-17-27)34(43)32(41)24-28-18-19-28)37-35(44)29(22-26-14-9-7-10-15-26)25-33(42)40(4)21-20-39(3)6-2/h1,7,9-10,14-15,27-32,34,41,43H,6,8,11-13,16-25H2,2-4H3,(H,37,44)(H,38,45)/t29?,30-,31?,32?,34+/m0/s1. The fraction of sp³-hybridized carbons (Fsp3) is 0.694. The van der Waals surface area contributed by atoms with Gasteiger partial charge in [0.1, 0.15) is 12.1 Å². The highest BCUT2D eigenvalue weighted by Gasteiger charge is 2.36. The zero-order valence-electron chi connectivity index (χ0n) is 27.6. The fourth-order valence-electron chi connectivity index (χ4n) is 6.19. The molecule has 3 rings (SSSR count). The molecule has 3 amide bonds. The van der Waals surface area contributed by atoms with Crippen LogP contribution in [0.25, 0.3) is 0 Å². The van der Waals surface area contributed by atoms with Crippen molar-refractivity contribution in [2.75, 3.05) is 33.7 Å². The minimum Gasteiger partial charge on any atom is -0.390 e. The number of nitrogens with one attached hydrogen (secondary N) is 2. The molecule has 2 saturated carbocycles. The van der Waals surface area contributed by atoms with Gasteiger partial charge in [0.2, 0.25) is 17.7 Å². The Balaban J connectivity index is 1.72. The Morgan fingerprint density at radius 2 is 1.60 bits per heavy atom. The number of terminal acetylenes is 1. The number of nitrogens with zero attached hydrogens (tertiary/aromatic N) is 2. The summed E-state index contributed by atoms with van der Waals surface area (Å²) in [5, 5.41) is 27.8. The average Bonchev–Trinajstić information content (AvgIpc) is 3.87. The number of aliphatic hydroxyl groups is 2. The minimum atomic E-state index is -1.11. The van der Waals surface area contributed by atoms with Crippen LogP contribution in [0.15, 0.2) is 30.3 Å². The number of carbonyl (C=O) groups is 3. The van der Waals surface area contributed by atoms with Crippen LogP contribution in [-0.4, -0.2) is 95.8 Å². The molecule has 1 aromatic rings. The normalized spacial score (nSPS) is 18.7. The second kappa shape index (κ2) is 18.9. The number of benzene rings is 1. The van der Waals surface area contributed by atoms with Gasteiger partial charge >= 0.3 is 0 Å². The van der Waals surface area contributed by atoms with Gasteiger partial charge in [-0.2, -0.15) is 0 Å². The minimum absolute atomic E-state index is 0.00611. The van der Waals surface area contributed by atoms with Crippen LogP contribution in [0.2, 0.25) is 0 Å². The highest BCUT2D eigenvalue weighted by molar-refractivity contribution is 5.91. The van der Waals surface area contributed by atoms with E-state index in [1.165, 1.54) is 6.42 Å². The number of hydrogen-bond donors (Lipinski definition) is 4. The monoisotopic (exact) mass is 624 g/mol. The van der Waals surface area contributed by atoms with Crippen molar-refractivity contribution in [3.8, 4) is 12.3 Å². The molecule has 0 radical (unpaired) electrons. The Bertz CT molecular complexity index is 1100. The summed E-state index contributed by atoms with van der Waals surface area (Å²) < 4.78 is 0. The van der Waals surface area contributed by atoms with Gasteiger partial charge in [0.15, 0.2) is 0 Å². The molecule has 9 nitrogen and oxygen atoms in total. The summed E-state index contributed by atoms with van der Waals surface area (Å²) in [5.41, 5.74) is 0.914. The molecule has 0 heterocycles. The third-order valence-corrected chi connectivity index (χ3v) is 9.57. The Hall–Kier alpha value is -2.93. The summed E-state index contributed by atoms with van der Waals surface area (Å²) in [4.78, 5) is 44.4. The smallest absolute Gasteiger partial charge is 0.243 e. The number of aliphatic hydroxyl groups excluding tert-OH is 2. The second-order valence-corrected chi connectivity index (χ2v) is 13.4. The lowest BCUT2D eigenvalue weighted by molar-refractivity contribution is -0.137. The van der Waals surface area contributed by atoms with Crippen molar-refractivity contribution in [1.82, 2.24) is 20.4 Å². The van der Waals surface area contributed by atoms with E-state index in [-0.39, 0.29) is 18.7 Å². The third-order valence-electron chi connectivity index (χ3n) is 9.57. The van der Waals surface area contributed by atoms with Crippen molar-refractivity contribution in [3.63, 3.8) is 0 Å². The molecule has 0 aromatic heterocycles. The quantitative estimate of drug-likeness (QED) is 0.176. The third kappa shape index (κ3) is 12.8. The molecule has 45 heavy (non-hydrogen) atoms. The lowest BCUT2D eigenvalue weighted by Crippen LogP contribution is -2.56. The van der Waals surface area contributed by atoms with E-state index in [4.69, 9.17) is 6.42 Å². The van der Waals surface area contributed by atoms with Gasteiger partial charge in [-0.1, -0.05) is 82.2 Å². The van der Waals surface area contributed by atoms with E-state index < -0.39 is 42.0 Å². The Morgan fingerprint density at radius 1 is 0.933 bits per heavy atom. The van der Waals surface area contributed by atoms with Gasteiger partial charge in [0.05, 0.1) is 18.1 Å². The van der Waals surface area contributed by atoms with Gasteiger partial charge in [-0.05, 0) is 50.3 Å². The van der Waals surface area contributed by atoms with Crippen molar-refractivity contribution in [3.05, 3.63) is 35.9 Å². The first-order valence-electron chi connectivity index (χ1n) is 17.0. The predicted molar refractivity (Wildman–Crippen MR) is 177 cm³/mol. The molecule has 4 N–H and O–H groups in total. The van der Waals surface area contributed by atoms with E-state index in [2.05, 4.69) is 28.4 Å². The zero-order chi connectivity index (χ0) is 32.8. The molecule has 0 spiro atoms. The first-order valence-corrected chi connectivity index (χ1v) is 17.0. The summed E-state index contributed by atoms with van der Waals surface area (Å²) in [7, 11) is 3.74. The van der Waals surface area contributed by atoms with Gasteiger partial charge in [0, 0.05) is 33.0 Å². The summed E-state index contributed by atoms with van der Waals surface area (Å²) in [5.74, 6) is 1.53. The highest BCUT2D eigenvalue weighted by atomic mass is 16.3. The lowest BCUT2D eigenvalue weighted by Gasteiger charge is -2.33. The van der Waals surface area contributed by atoms with Crippen LogP contribution in [0.3, 0.4) is 0 Å². The second-order valence-electron chi connectivity index (χ2n) is 13.4. The molecule has 2 aliphatic carbocycles. The Labute approximate surface area is 270 Å². The summed E-state index contributed by atoms with van der Waals surface area (Å²) in [6.07, 6.45) is 12.6. The first-order chi connectivity index (χ1) is 21.6. The van der Waals surface area contributed by atoms with Crippen LogP contribution in [0.5, 0.6) is 0 Å². The van der Waals surface area contributed by atoms with Crippen LogP contribution in [0.1, 0.15) is 83.1 Å². The highest BCUT2D eigenvalue weighted by Crippen LogP contribution is 2.35. The molecule has 2 aliphatic rings. The van der Waals surface area contributed by atoms with E-state index in [1.54, 1.807) is 11.9 Å². The van der Waals surface area contributed by atoms with E-state index in [0.717, 1.165) is 57.2 Å². The average molecular weight is 625 g/mol. The van der Waals surface area contributed by atoms with Crippen molar-refractivity contribution < 1.29 is 24.6 Å². The van der Waals surface area contributed by atoms with Crippen molar-refractivity contribution in [2.24, 2.45) is 17.8 Å². The predicted octanol–water partition coefficient (Wildman–Crippen LogP) is 3.13. The van der Waals surface area contributed by atoms with Crippen molar-refractivity contribution in [1.29, 1.82) is 0 Å². The Kier molecular flexibility index (Phi) is 15.3. The maximum absolute atomic E-state index is 13.8. The van der Waals surface area contributed by atoms with Gasteiger partial charge in [-0.15, -0.1) is 12.3 Å². The molecule has 250 valence electrons. The van der Waals surface area contributed by atoms with E-state index in [9.17, 15) is 24.6 Å². The van der Waals surface area contributed by atoms with E-state index in [1.807, 2.05) is 37.4 Å². The molecule has 0 aliphatic heterocycles. The summed E-state index contributed by atoms with van der Waals surface area (Å²) in [6, 6.07) is 7.83. The van der Waals surface area contributed by atoms with Crippen LogP contribution < -0.4 is 10.6 Å². The topological polar surface area (TPSA) is 122 Å². The van der Waals surface area contributed by atoms with Crippen molar-refractivity contribution >= 4 is 17.7 Å². The molecule has 1 aromatic carbocycles. The molecular formula is C36H56N4O5. The van der Waals surface area contributed by atoms with Gasteiger partial charge < -0.3 is 30.6 Å². The molecule has 9 heteroatoms. The zero-order valence-corrected chi connectivity index (χ0v) is 27.6. The van der Waals surface area contributed by atoms with Gasteiger partial charge in [-0.3, -0.25) is 14.4 Å². The first kappa shape index (κ1) is 36.5. The molecule has 2 fully saturated rings. The molecule has 3 unspecified atom stereocenters. The van der Waals surface area contributed by atoms with Crippen LogP contribution in [0, 0.1) is 30.1 Å². The summed E-state index contributed by atoms with van der Waals surface area (Å²) in [6.45, 7) is 4.20. The van der Waals surface area contributed by atoms with E-state index >= 15 is 0 Å². The van der Waals surface area contributed by atoms with Crippen LogP contribution in [0.4, 0.5) is 0 Å². The SMILES string of the molecule is C#CC[C@H](NC(=O)C(CC(=O)N(C)CCN(C)CC)Cc1ccccc1)C(=O)NC(CC1CCCCC1)[C@@H](O)C(O)CC1CC1. The van der Waals surface area contributed by atoms with Gasteiger partial charge in [-0.25, -0.2) is 0 Å². The van der Waals surface area contributed by atoms with E-state index in [0.29, 0.717) is 37.6 Å². The van der Waals surface area contributed by atoms with Gasteiger partial charge in [0.25, 0.3) is 0 Å². The van der Waals surface area contributed by atoms with Crippen LogP contribution in [-0.2, 0) is 20.8 Å². The largest absolute Gasteiger partial charge is 0.390 e.